The summed E-state index contributed by atoms with van der Waals surface area (Å²) in [6.07, 6.45) is -3.21. The molecule has 10 nitrogen and oxygen atoms in total. The monoisotopic (exact) mass is 319 g/mol. The van der Waals surface area contributed by atoms with Gasteiger partial charge in [0.05, 0.1) is 12.9 Å². The van der Waals surface area contributed by atoms with E-state index in [1.54, 1.807) is 0 Å². The summed E-state index contributed by atoms with van der Waals surface area (Å²) in [5.74, 6) is -0.101. The Labute approximate surface area is 123 Å². The van der Waals surface area contributed by atoms with Crippen LogP contribution in [0, 0.1) is 0 Å². The van der Waals surface area contributed by atoms with Crippen molar-refractivity contribution in [3.63, 3.8) is 0 Å². The summed E-state index contributed by atoms with van der Waals surface area (Å²) in [4.78, 5) is 21.8. The third kappa shape index (κ3) is 2.36. The second kappa shape index (κ2) is 5.58. The van der Waals surface area contributed by atoms with Gasteiger partial charge in [-0.2, -0.15) is 4.98 Å². The molecule has 21 heavy (non-hydrogen) atoms. The van der Waals surface area contributed by atoms with Crippen molar-refractivity contribution in [1.29, 1.82) is 0 Å². The molecule has 1 aliphatic rings. The summed E-state index contributed by atoms with van der Waals surface area (Å²) >= 11 is 0. The first-order chi connectivity index (χ1) is 9.52. The predicted octanol–water partition coefficient (Wildman–Crippen LogP) is -2.26. The predicted molar refractivity (Wildman–Crippen MR) is 72.8 cm³/mol. The summed E-state index contributed by atoms with van der Waals surface area (Å²) < 4.78 is 6.64. The second-order valence-electron chi connectivity index (χ2n) is 4.50. The van der Waals surface area contributed by atoms with Crippen LogP contribution in [-0.2, 0) is 4.74 Å². The van der Waals surface area contributed by atoms with Crippen LogP contribution >= 0.6 is 12.4 Å². The van der Waals surface area contributed by atoms with Crippen LogP contribution in [0.25, 0.3) is 11.2 Å². The third-order valence-electron chi connectivity index (χ3n) is 3.24. The van der Waals surface area contributed by atoms with E-state index in [1.165, 1.54) is 10.9 Å². The van der Waals surface area contributed by atoms with Gasteiger partial charge in [0.15, 0.2) is 17.4 Å². The Balaban J connectivity index is 0.00000161. The van der Waals surface area contributed by atoms with E-state index in [9.17, 15) is 15.0 Å². The normalized spacial score (nSPS) is 28.7. The number of anilines is 1. The molecular formula is C10H14ClN5O5. The zero-order valence-electron chi connectivity index (χ0n) is 10.6. The molecule has 1 fully saturated rings. The summed E-state index contributed by atoms with van der Waals surface area (Å²) in [5, 5.41) is 28.7. The van der Waals surface area contributed by atoms with Gasteiger partial charge in [-0.1, -0.05) is 0 Å². The number of nitrogen functional groups attached to an aromatic ring is 1. The molecule has 116 valence electrons. The quantitative estimate of drug-likeness (QED) is 0.414. The molecule has 3 heterocycles. The molecule has 2 aromatic rings. The van der Waals surface area contributed by atoms with Crippen molar-refractivity contribution in [1.82, 2.24) is 19.5 Å². The largest absolute Gasteiger partial charge is 0.394 e. The number of aromatic nitrogens is 4. The van der Waals surface area contributed by atoms with Gasteiger partial charge in [0.2, 0.25) is 5.95 Å². The topological polar surface area (TPSA) is 160 Å². The lowest BCUT2D eigenvalue weighted by Crippen LogP contribution is -2.33. The van der Waals surface area contributed by atoms with Crippen molar-refractivity contribution in [2.24, 2.45) is 0 Å². The molecule has 4 atom stereocenters. The van der Waals surface area contributed by atoms with Crippen LogP contribution in [0.4, 0.5) is 5.95 Å². The van der Waals surface area contributed by atoms with Gasteiger partial charge in [-0.25, -0.2) is 4.98 Å². The van der Waals surface area contributed by atoms with Crippen LogP contribution in [0.1, 0.15) is 6.23 Å². The number of imidazole rings is 1. The van der Waals surface area contributed by atoms with Crippen molar-refractivity contribution in [3.8, 4) is 0 Å². The Kier molecular flexibility index (Phi) is 4.16. The average molecular weight is 320 g/mol. The van der Waals surface area contributed by atoms with E-state index in [4.69, 9.17) is 15.6 Å². The van der Waals surface area contributed by atoms with Crippen molar-refractivity contribution >= 4 is 29.5 Å². The Bertz CT molecular complexity index is 703. The number of nitrogens with two attached hydrogens (primary N) is 1. The number of hydrogen-bond donors (Lipinski definition) is 5. The fourth-order valence-corrected chi connectivity index (χ4v) is 2.24. The zero-order chi connectivity index (χ0) is 14.4. The SMILES string of the molecule is Cl.Nc1nc2c(ncn2[C@@H]2O[C@H](CO)[C@@H](O)[C@H]2O)c(=O)[nH]1. The third-order valence-corrected chi connectivity index (χ3v) is 3.24. The maximum atomic E-state index is 11.7. The van der Waals surface area contributed by atoms with Crippen LogP contribution in [-0.4, -0.2) is 59.8 Å². The molecule has 0 saturated carbocycles. The van der Waals surface area contributed by atoms with Gasteiger partial charge < -0.3 is 25.8 Å². The van der Waals surface area contributed by atoms with Gasteiger partial charge in [-0.05, 0) is 0 Å². The lowest BCUT2D eigenvalue weighted by Gasteiger charge is -2.16. The molecule has 0 aliphatic carbocycles. The zero-order valence-corrected chi connectivity index (χ0v) is 11.4. The summed E-state index contributed by atoms with van der Waals surface area (Å²) in [6, 6.07) is 0. The van der Waals surface area contributed by atoms with E-state index in [1.807, 2.05) is 0 Å². The molecule has 1 saturated heterocycles. The molecule has 3 rings (SSSR count). The first kappa shape index (κ1) is 15.7. The average Bonchev–Trinajstić information content (AvgIpc) is 2.93. The van der Waals surface area contributed by atoms with E-state index in [2.05, 4.69) is 15.0 Å². The number of hydrogen-bond acceptors (Lipinski definition) is 8. The van der Waals surface area contributed by atoms with Gasteiger partial charge in [0.25, 0.3) is 5.56 Å². The number of aliphatic hydroxyl groups excluding tert-OH is 3. The summed E-state index contributed by atoms with van der Waals surface area (Å²) in [6.45, 7) is -0.447. The summed E-state index contributed by atoms with van der Waals surface area (Å²) in [5.41, 5.74) is 5.12. The van der Waals surface area contributed by atoms with Crippen molar-refractivity contribution in [2.45, 2.75) is 24.5 Å². The molecule has 1 aliphatic heterocycles. The van der Waals surface area contributed by atoms with E-state index < -0.39 is 36.7 Å². The minimum Gasteiger partial charge on any atom is -0.394 e. The Morgan fingerprint density at radius 1 is 1.43 bits per heavy atom. The van der Waals surface area contributed by atoms with Gasteiger partial charge in [-0.15, -0.1) is 12.4 Å². The van der Waals surface area contributed by atoms with E-state index in [0.717, 1.165) is 0 Å². The minimum atomic E-state index is -1.29. The molecule has 11 heteroatoms. The Morgan fingerprint density at radius 3 is 2.76 bits per heavy atom. The van der Waals surface area contributed by atoms with Crippen LogP contribution in [0.5, 0.6) is 0 Å². The molecule has 0 spiro atoms. The van der Waals surface area contributed by atoms with Gasteiger partial charge in [0.1, 0.15) is 18.3 Å². The first-order valence-electron chi connectivity index (χ1n) is 5.87. The number of H-pyrrole nitrogens is 1. The lowest BCUT2D eigenvalue weighted by atomic mass is 10.1. The van der Waals surface area contributed by atoms with E-state index >= 15 is 0 Å². The number of nitrogens with one attached hydrogen (secondary N) is 1. The maximum Gasteiger partial charge on any atom is 0.280 e. The molecule has 0 aromatic carbocycles. The highest BCUT2D eigenvalue weighted by Crippen LogP contribution is 2.30. The number of ether oxygens (including phenoxy) is 1. The van der Waals surface area contributed by atoms with Gasteiger partial charge in [-0.3, -0.25) is 14.3 Å². The smallest absolute Gasteiger partial charge is 0.280 e. The molecule has 0 radical (unpaired) electrons. The summed E-state index contributed by atoms with van der Waals surface area (Å²) in [7, 11) is 0. The highest BCUT2D eigenvalue weighted by molar-refractivity contribution is 5.85. The molecule has 0 amide bonds. The number of nitrogens with zero attached hydrogens (tertiary/aromatic N) is 3. The van der Waals surface area contributed by atoms with Gasteiger partial charge in [0, 0.05) is 0 Å². The van der Waals surface area contributed by atoms with E-state index in [-0.39, 0.29) is 29.5 Å². The highest BCUT2D eigenvalue weighted by Gasteiger charge is 2.44. The molecule has 0 unspecified atom stereocenters. The number of aromatic amines is 1. The molecular weight excluding hydrogens is 306 g/mol. The van der Waals surface area contributed by atoms with Crippen LogP contribution in [0.2, 0.25) is 0 Å². The molecule has 2 aromatic heterocycles. The fraction of sp³-hybridized carbons (Fsp3) is 0.500. The van der Waals surface area contributed by atoms with Crippen LogP contribution < -0.4 is 11.3 Å². The standard InChI is InChI=1S/C10H13N5O5.ClH/c11-10-13-7-4(8(19)14-10)12-2-15(7)9-6(18)5(17)3(1-16)20-9;/h2-3,5-6,9,16-18H,1H2,(H3,11,13,14,19);1H/t3-,5-,6-,9-;/m1./s1. The van der Waals surface area contributed by atoms with Crippen molar-refractivity contribution < 1.29 is 20.1 Å². The fourth-order valence-electron chi connectivity index (χ4n) is 2.24. The molecule has 0 bridgehead atoms. The number of fused-ring (bicyclic) bond motifs is 1. The van der Waals surface area contributed by atoms with Crippen LogP contribution in [0.3, 0.4) is 0 Å². The van der Waals surface area contributed by atoms with Crippen molar-refractivity contribution in [3.05, 3.63) is 16.7 Å². The Hall–Kier alpha value is -1.72. The second-order valence-corrected chi connectivity index (χ2v) is 4.50. The number of halogens is 1. The lowest BCUT2D eigenvalue weighted by molar-refractivity contribution is -0.0511. The highest BCUT2D eigenvalue weighted by atomic mass is 35.5. The Morgan fingerprint density at radius 2 is 2.14 bits per heavy atom. The van der Waals surface area contributed by atoms with E-state index in [0.29, 0.717) is 0 Å². The first-order valence-corrected chi connectivity index (χ1v) is 5.87. The maximum absolute atomic E-state index is 11.7. The minimum absolute atomic E-state index is 0. The van der Waals surface area contributed by atoms with Crippen LogP contribution in [0.15, 0.2) is 11.1 Å². The number of rotatable bonds is 2. The number of aliphatic hydroxyl groups is 3. The van der Waals surface area contributed by atoms with Crippen molar-refractivity contribution in [2.75, 3.05) is 12.3 Å². The molecule has 6 N–H and O–H groups in total. The van der Waals surface area contributed by atoms with Gasteiger partial charge >= 0.3 is 0 Å².